The smallest absolute Gasteiger partial charge is 0.186 e. The van der Waals surface area contributed by atoms with E-state index in [0.29, 0.717) is 0 Å². The van der Waals surface area contributed by atoms with Gasteiger partial charge in [-0.05, 0) is 19.1 Å². The van der Waals surface area contributed by atoms with Crippen molar-refractivity contribution in [2.45, 2.75) is 13.8 Å². The Hall–Kier alpha value is -2.08. The summed E-state index contributed by atoms with van der Waals surface area (Å²) in [6.45, 7) is 7.11. The van der Waals surface area contributed by atoms with Gasteiger partial charge in [0.2, 0.25) is 0 Å². The highest BCUT2D eigenvalue weighted by molar-refractivity contribution is 7.17. The summed E-state index contributed by atoms with van der Waals surface area (Å²) < 4.78 is 5.45. The highest BCUT2D eigenvalue weighted by atomic mass is 32.1. The van der Waals surface area contributed by atoms with Gasteiger partial charge in [-0.2, -0.15) is 0 Å². The predicted molar refractivity (Wildman–Crippen MR) is 94.3 cm³/mol. The number of para-hydroxylation sites is 2. The SMILES string of the molecule is COc1ccccc1N1CCN(c2nc(C)c(C(C)=O)s2)CC1. The van der Waals surface area contributed by atoms with E-state index < -0.39 is 0 Å². The number of aryl methyl sites for hydroxylation is 1. The quantitative estimate of drug-likeness (QED) is 0.806. The second kappa shape index (κ2) is 6.58. The molecule has 0 unspecified atom stereocenters. The number of anilines is 2. The minimum Gasteiger partial charge on any atom is -0.495 e. The molecule has 1 aliphatic heterocycles. The van der Waals surface area contributed by atoms with Crippen molar-refractivity contribution in [3.63, 3.8) is 0 Å². The van der Waals surface area contributed by atoms with E-state index in [-0.39, 0.29) is 5.78 Å². The van der Waals surface area contributed by atoms with Gasteiger partial charge < -0.3 is 14.5 Å². The number of nitrogens with zero attached hydrogens (tertiary/aromatic N) is 3. The topological polar surface area (TPSA) is 45.7 Å². The number of rotatable bonds is 4. The van der Waals surface area contributed by atoms with E-state index in [1.807, 2.05) is 25.1 Å². The van der Waals surface area contributed by atoms with Crippen molar-refractivity contribution < 1.29 is 9.53 Å². The monoisotopic (exact) mass is 331 g/mol. The number of carbonyl (C=O) groups excluding carboxylic acids is 1. The van der Waals surface area contributed by atoms with E-state index in [1.165, 1.54) is 11.3 Å². The summed E-state index contributed by atoms with van der Waals surface area (Å²) in [6.07, 6.45) is 0. The molecule has 1 saturated heterocycles. The molecule has 0 N–H and O–H groups in total. The average Bonchev–Trinajstić information content (AvgIpc) is 2.97. The minimum atomic E-state index is 0.0962. The minimum absolute atomic E-state index is 0.0962. The first kappa shape index (κ1) is 15.8. The number of carbonyl (C=O) groups is 1. The normalized spacial score (nSPS) is 14.9. The fourth-order valence-corrected chi connectivity index (χ4v) is 3.89. The number of methoxy groups -OCH3 is 1. The maximum atomic E-state index is 11.6. The molecule has 1 fully saturated rings. The van der Waals surface area contributed by atoms with Gasteiger partial charge in [-0.15, -0.1) is 0 Å². The molecule has 0 bridgehead atoms. The van der Waals surface area contributed by atoms with Crippen molar-refractivity contribution in [1.29, 1.82) is 0 Å². The molecule has 1 aromatic carbocycles. The number of thiazole rings is 1. The van der Waals surface area contributed by atoms with E-state index in [4.69, 9.17) is 4.74 Å². The van der Waals surface area contributed by atoms with Crippen LogP contribution < -0.4 is 14.5 Å². The molecular formula is C17H21N3O2S. The molecule has 1 aliphatic rings. The number of aromatic nitrogens is 1. The molecule has 122 valence electrons. The summed E-state index contributed by atoms with van der Waals surface area (Å²) in [5.41, 5.74) is 1.97. The zero-order valence-corrected chi connectivity index (χ0v) is 14.5. The number of benzene rings is 1. The van der Waals surface area contributed by atoms with Gasteiger partial charge in [-0.25, -0.2) is 4.98 Å². The number of hydrogen-bond donors (Lipinski definition) is 0. The Morgan fingerprint density at radius 2 is 1.83 bits per heavy atom. The van der Waals surface area contributed by atoms with Crippen LogP contribution in [0.5, 0.6) is 5.75 Å². The summed E-state index contributed by atoms with van der Waals surface area (Å²) >= 11 is 1.50. The van der Waals surface area contributed by atoms with Crippen molar-refractivity contribution in [2.75, 3.05) is 43.1 Å². The predicted octanol–water partition coefficient (Wildman–Crippen LogP) is 2.99. The number of piperazine rings is 1. The Morgan fingerprint density at radius 1 is 1.17 bits per heavy atom. The van der Waals surface area contributed by atoms with Gasteiger partial charge in [0.1, 0.15) is 5.75 Å². The van der Waals surface area contributed by atoms with Crippen molar-refractivity contribution in [1.82, 2.24) is 4.98 Å². The van der Waals surface area contributed by atoms with Gasteiger partial charge in [0.05, 0.1) is 23.4 Å². The molecule has 0 atom stereocenters. The largest absolute Gasteiger partial charge is 0.495 e. The van der Waals surface area contributed by atoms with Gasteiger partial charge in [0, 0.05) is 33.1 Å². The molecule has 6 heteroatoms. The van der Waals surface area contributed by atoms with E-state index in [9.17, 15) is 4.79 Å². The zero-order chi connectivity index (χ0) is 16.4. The third-order valence-corrected chi connectivity index (χ3v) is 5.40. The third kappa shape index (κ3) is 3.17. The summed E-state index contributed by atoms with van der Waals surface area (Å²) in [5, 5.41) is 0.951. The highest BCUT2D eigenvalue weighted by Gasteiger charge is 2.23. The second-order valence-electron chi connectivity index (χ2n) is 5.61. The lowest BCUT2D eigenvalue weighted by atomic mass is 10.2. The van der Waals surface area contributed by atoms with E-state index in [0.717, 1.165) is 53.3 Å². The summed E-state index contributed by atoms with van der Waals surface area (Å²) in [4.78, 5) is 21.5. The Kier molecular flexibility index (Phi) is 4.52. The number of Topliss-reactive ketones (excluding diaryl/α,β-unsaturated/α-hetero) is 1. The van der Waals surface area contributed by atoms with Gasteiger partial charge in [-0.1, -0.05) is 23.5 Å². The Morgan fingerprint density at radius 3 is 2.43 bits per heavy atom. The number of ether oxygens (including phenoxy) is 1. The molecule has 0 radical (unpaired) electrons. The van der Waals surface area contributed by atoms with Crippen molar-refractivity contribution >= 4 is 27.9 Å². The fraction of sp³-hybridized carbons (Fsp3) is 0.412. The lowest BCUT2D eigenvalue weighted by Gasteiger charge is -2.36. The van der Waals surface area contributed by atoms with Gasteiger partial charge in [0.25, 0.3) is 0 Å². The van der Waals surface area contributed by atoms with Crippen LogP contribution in [-0.2, 0) is 0 Å². The Labute approximate surface area is 140 Å². The lowest BCUT2D eigenvalue weighted by Crippen LogP contribution is -2.46. The van der Waals surface area contributed by atoms with Gasteiger partial charge >= 0.3 is 0 Å². The molecule has 5 nitrogen and oxygen atoms in total. The molecule has 1 aromatic heterocycles. The van der Waals surface area contributed by atoms with Crippen LogP contribution in [0.1, 0.15) is 22.3 Å². The second-order valence-corrected chi connectivity index (χ2v) is 6.59. The van der Waals surface area contributed by atoms with Crippen molar-refractivity contribution in [2.24, 2.45) is 0 Å². The Bertz CT molecular complexity index is 706. The molecular weight excluding hydrogens is 310 g/mol. The Balaban J connectivity index is 1.71. The zero-order valence-electron chi connectivity index (χ0n) is 13.7. The maximum Gasteiger partial charge on any atom is 0.186 e. The van der Waals surface area contributed by atoms with Crippen molar-refractivity contribution in [3.05, 3.63) is 34.8 Å². The molecule has 3 rings (SSSR count). The first-order valence-corrected chi connectivity index (χ1v) is 8.53. The lowest BCUT2D eigenvalue weighted by molar-refractivity contribution is 0.102. The van der Waals surface area contributed by atoms with Crippen LogP contribution in [0.15, 0.2) is 24.3 Å². The first-order valence-electron chi connectivity index (χ1n) is 7.71. The average molecular weight is 331 g/mol. The molecule has 23 heavy (non-hydrogen) atoms. The molecule has 2 aromatic rings. The van der Waals surface area contributed by atoms with Crippen LogP contribution in [0.2, 0.25) is 0 Å². The number of ketones is 1. The van der Waals surface area contributed by atoms with Crippen LogP contribution in [0.25, 0.3) is 0 Å². The van der Waals surface area contributed by atoms with Crippen LogP contribution in [0, 0.1) is 6.92 Å². The fourth-order valence-electron chi connectivity index (χ4n) is 2.87. The number of hydrogen-bond acceptors (Lipinski definition) is 6. The molecule has 0 amide bonds. The van der Waals surface area contributed by atoms with E-state index >= 15 is 0 Å². The molecule has 0 aliphatic carbocycles. The van der Waals surface area contributed by atoms with Gasteiger partial charge in [-0.3, -0.25) is 4.79 Å². The summed E-state index contributed by atoms with van der Waals surface area (Å²) in [7, 11) is 1.71. The third-order valence-electron chi connectivity index (χ3n) is 4.08. The van der Waals surface area contributed by atoms with Crippen molar-refractivity contribution in [3.8, 4) is 5.75 Å². The standard InChI is InChI=1S/C17H21N3O2S/c1-12-16(13(2)21)23-17(18-12)20-10-8-19(9-11-20)14-6-4-5-7-15(14)22-3/h4-7H,8-11H2,1-3H3. The van der Waals surface area contributed by atoms with Crippen LogP contribution in [-0.4, -0.2) is 44.1 Å². The van der Waals surface area contributed by atoms with Crippen LogP contribution in [0.4, 0.5) is 10.8 Å². The molecule has 2 heterocycles. The van der Waals surface area contributed by atoms with Crippen LogP contribution in [0.3, 0.4) is 0 Å². The van der Waals surface area contributed by atoms with Gasteiger partial charge in [0.15, 0.2) is 10.9 Å². The first-order chi connectivity index (χ1) is 11.1. The van der Waals surface area contributed by atoms with Crippen LogP contribution >= 0.6 is 11.3 Å². The maximum absolute atomic E-state index is 11.6. The van der Waals surface area contributed by atoms with E-state index in [1.54, 1.807) is 14.0 Å². The summed E-state index contributed by atoms with van der Waals surface area (Å²) in [6, 6.07) is 8.11. The highest BCUT2D eigenvalue weighted by Crippen LogP contribution is 2.31. The van der Waals surface area contributed by atoms with E-state index in [2.05, 4.69) is 20.9 Å². The molecule has 0 saturated carbocycles. The summed E-state index contributed by atoms with van der Waals surface area (Å²) in [5.74, 6) is 1.00. The molecule has 0 spiro atoms.